The molecule has 16 heavy (non-hydrogen) atoms. The first kappa shape index (κ1) is 11.6. The highest BCUT2D eigenvalue weighted by atomic mass is 16.1. The number of nitrogens with two attached hydrogens (primary N) is 1. The van der Waals surface area contributed by atoms with Crippen LogP contribution in [-0.2, 0) is 9.59 Å². The summed E-state index contributed by atoms with van der Waals surface area (Å²) in [6.07, 6.45) is 3.49. The Balaban J connectivity index is 2.07. The second kappa shape index (κ2) is 3.84. The fourth-order valence-electron chi connectivity index (χ4n) is 2.85. The molecule has 2 unspecified atom stereocenters. The molecule has 2 aliphatic heterocycles. The summed E-state index contributed by atoms with van der Waals surface area (Å²) in [5.41, 5.74) is 4.89. The maximum Gasteiger partial charge on any atom is 0.224 e. The van der Waals surface area contributed by atoms with Gasteiger partial charge in [-0.25, -0.2) is 0 Å². The largest absolute Gasteiger partial charge is 0.369 e. The highest BCUT2D eigenvalue weighted by Crippen LogP contribution is 2.36. The molecule has 2 fully saturated rings. The third kappa shape index (κ3) is 1.98. The summed E-state index contributed by atoms with van der Waals surface area (Å²) in [4.78, 5) is 25.1. The normalized spacial score (nSPS) is 30.8. The number of carbonyl (C=O) groups excluding carboxylic acids is 2. The molecule has 4 nitrogen and oxygen atoms in total. The molecule has 2 heterocycles. The van der Waals surface area contributed by atoms with Gasteiger partial charge in [0.25, 0.3) is 0 Å². The molecule has 90 valence electrons. The van der Waals surface area contributed by atoms with Gasteiger partial charge in [0.1, 0.15) is 5.78 Å². The lowest BCUT2D eigenvalue weighted by molar-refractivity contribution is -0.129. The van der Waals surface area contributed by atoms with Crippen LogP contribution in [0.3, 0.4) is 0 Å². The van der Waals surface area contributed by atoms with Gasteiger partial charge in [0.15, 0.2) is 0 Å². The van der Waals surface area contributed by atoms with Gasteiger partial charge < -0.3 is 5.73 Å². The summed E-state index contributed by atoms with van der Waals surface area (Å²) < 4.78 is 0. The van der Waals surface area contributed by atoms with Crippen molar-refractivity contribution in [1.82, 2.24) is 4.90 Å². The van der Waals surface area contributed by atoms with E-state index >= 15 is 0 Å². The number of fused-ring (bicyclic) bond motifs is 2. The molecule has 0 spiro atoms. The zero-order chi connectivity index (χ0) is 11.9. The quantitative estimate of drug-likeness (QED) is 0.767. The summed E-state index contributed by atoms with van der Waals surface area (Å²) in [7, 11) is 0. The van der Waals surface area contributed by atoms with Crippen molar-refractivity contribution in [2.45, 2.75) is 51.6 Å². The fraction of sp³-hybridized carbons (Fsp3) is 0.833. The standard InChI is InChI=1S/C12H20N2O2/c1-12(2,11(13)16)7-14-8-3-4-9(14)6-10(15)5-8/h8-9H,3-7H2,1-2H3,(H2,13,16). The van der Waals surface area contributed by atoms with Crippen molar-refractivity contribution in [3.63, 3.8) is 0 Å². The number of hydrogen-bond acceptors (Lipinski definition) is 3. The molecule has 2 atom stereocenters. The molecule has 2 N–H and O–H groups in total. The summed E-state index contributed by atoms with van der Waals surface area (Å²) in [6.45, 7) is 4.45. The first-order chi connectivity index (χ1) is 7.40. The van der Waals surface area contributed by atoms with Crippen LogP contribution in [0, 0.1) is 5.41 Å². The second-order valence-electron chi connectivity index (χ2n) is 5.75. The van der Waals surface area contributed by atoms with Gasteiger partial charge in [-0.1, -0.05) is 0 Å². The minimum absolute atomic E-state index is 0.260. The van der Waals surface area contributed by atoms with E-state index in [-0.39, 0.29) is 5.91 Å². The highest BCUT2D eigenvalue weighted by molar-refractivity contribution is 5.81. The average Bonchev–Trinajstić information content (AvgIpc) is 2.43. The van der Waals surface area contributed by atoms with Crippen LogP contribution in [0.1, 0.15) is 39.5 Å². The molecule has 0 aromatic rings. The predicted molar refractivity (Wildman–Crippen MR) is 60.7 cm³/mol. The van der Waals surface area contributed by atoms with E-state index in [0.717, 1.165) is 12.8 Å². The Morgan fingerprint density at radius 1 is 1.38 bits per heavy atom. The number of amides is 1. The van der Waals surface area contributed by atoms with Crippen LogP contribution in [-0.4, -0.2) is 35.2 Å². The molecule has 2 bridgehead atoms. The summed E-state index contributed by atoms with van der Waals surface area (Å²) in [5, 5.41) is 0. The number of hydrogen-bond donors (Lipinski definition) is 1. The Morgan fingerprint density at radius 3 is 2.31 bits per heavy atom. The van der Waals surface area contributed by atoms with Gasteiger partial charge in [0.2, 0.25) is 5.91 Å². The molecular formula is C12H20N2O2. The zero-order valence-electron chi connectivity index (χ0n) is 10.0. The van der Waals surface area contributed by atoms with E-state index < -0.39 is 5.41 Å². The molecule has 0 aliphatic carbocycles. The summed E-state index contributed by atoms with van der Waals surface area (Å²) >= 11 is 0. The predicted octanol–water partition coefficient (Wildman–Crippen LogP) is 0.694. The minimum atomic E-state index is -0.499. The van der Waals surface area contributed by atoms with Crippen LogP contribution >= 0.6 is 0 Å². The lowest BCUT2D eigenvalue weighted by Crippen LogP contribution is -2.50. The van der Waals surface area contributed by atoms with Crippen LogP contribution < -0.4 is 5.73 Å². The molecule has 0 saturated carbocycles. The van der Waals surface area contributed by atoms with Crippen molar-refractivity contribution in [1.29, 1.82) is 0 Å². The van der Waals surface area contributed by atoms with Crippen molar-refractivity contribution in [3.8, 4) is 0 Å². The third-order valence-corrected chi connectivity index (χ3v) is 3.94. The van der Waals surface area contributed by atoms with Gasteiger partial charge in [-0.2, -0.15) is 0 Å². The van der Waals surface area contributed by atoms with Crippen LogP contribution in [0.2, 0.25) is 0 Å². The molecule has 2 rings (SSSR count). The fourth-order valence-corrected chi connectivity index (χ4v) is 2.85. The SMILES string of the molecule is CC(C)(CN1C2CCC1CC(=O)C2)C(N)=O. The Bertz CT molecular complexity index is 309. The minimum Gasteiger partial charge on any atom is -0.369 e. The Labute approximate surface area is 96.2 Å². The first-order valence-electron chi connectivity index (χ1n) is 5.97. The van der Waals surface area contributed by atoms with E-state index in [2.05, 4.69) is 4.90 Å². The zero-order valence-corrected chi connectivity index (χ0v) is 10.0. The maximum atomic E-state index is 11.5. The lowest BCUT2D eigenvalue weighted by Gasteiger charge is -2.38. The van der Waals surface area contributed by atoms with Crippen LogP contribution in [0.25, 0.3) is 0 Å². The Hall–Kier alpha value is -0.900. The molecule has 2 aliphatic rings. The number of piperidine rings is 1. The van der Waals surface area contributed by atoms with Crippen LogP contribution in [0.5, 0.6) is 0 Å². The van der Waals surface area contributed by atoms with Gasteiger partial charge in [-0.3, -0.25) is 14.5 Å². The van der Waals surface area contributed by atoms with Gasteiger partial charge in [0, 0.05) is 31.5 Å². The Morgan fingerprint density at radius 2 is 1.88 bits per heavy atom. The van der Waals surface area contributed by atoms with E-state index in [4.69, 9.17) is 5.73 Å². The van der Waals surface area contributed by atoms with Crippen molar-refractivity contribution in [2.75, 3.05) is 6.54 Å². The summed E-state index contributed by atoms with van der Waals surface area (Å²) in [5.74, 6) is 0.115. The van der Waals surface area contributed by atoms with Crippen LogP contribution in [0.4, 0.5) is 0 Å². The maximum absolute atomic E-state index is 11.5. The van der Waals surface area contributed by atoms with E-state index in [1.54, 1.807) is 0 Å². The molecular weight excluding hydrogens is 204 g/mol. The molecule has 2 saturated heterocycles. The third-order valence-electron chi connectivity index (χ3n) is 3.94. The average molecular weight is 224 g/mol. The van der Waals surface area contributed by atoms with Gasteiger partial charge in [0.05, 0.1) is 5.41 Å². The lowest BCUT2D eigenvalue weighted by atomic mass is 9.89. The number of rotatable bonds is 3. The molecule has 4 heteroatoms. The number of nitrogens with zero attached hydrogens (tertiary/aromatic N) is 1. The van der Waals surface area contributed by atoms with Crippen molar-refractivity contribution in [2.24, 2.45) is 11.1 Å². The van der Waals surface area contributed by atoms with E-state index in [9.17, 15) is 9.59 Å². The van der Waals surface area contributed by atoms with Crippen molar-refractivity contribution >= 4 is 11.7 Å². The van der Waals surface area contributed by atoms with Gasteiger partial charge >= 0.3 is 0 Å². The van der Waals surface area contributed by atoms with Crippen molar-refractivity contribution < 1.29 is 9.59 Å². The number of carbonyl (C=O) groups is 2. The molecule has 1 amide bonds. The Kier molecular flexibility index (Phi) is 2.78. The smallest absolute Gasteiger partial charge is 0.224 e. The van der Waals surface area contributed by atoms with Crippen LogP contribution in [0.15, 0.2) is 0 Å². The summed E-state index contributed by atoms with van der Waals surface area (Å²) in [6, 6.07) is 0.703. The number of Topliss-reactive ketones (excluding diaryl/α,β-unsaturated/α-hetero) is 1. The second-order valence-corrected chi connectivity index (χ2v) is 5.75. The topological polar surface area (TPSA) is 63.4 Å². The first-order valence-corrected chi connectivity index (χ1v) is 5.97. The van der Waals surface area contributed by atoms with Gasteiger partial charge in [-0.05, 0) is 26.7 Å². The molecule has 0 aromatic heterocycles. The molecule has 0 radical (unpaired) electrons. The monoisotopic (exact) mass is 224 g/mol. The van der Waals surface area contributed by atoms with E-state index in [1.807, 2.05) is 13.8 Å². The number of ketones is 1. The number of primary amides is 1. The van der Waals surface area contributed by atoms with Gasteiger partial charge in [-0.15, -0.1) is 0 Å². The van der Waals surface area contributed by atoms with E-state index in [1.165, 1.54) is 0 Å². The highest BCUT2D eigenvalue weighted by Gasteiger charge is 2.43. The van der Waals surface area contributed by atoms with E-state index in [0.29, 0.717) is 37.3 Å². The molecule has 0 aromatic carbocycles. The van der Waals surface area contributed by atoms with Crippen molar-refractivity contribution in [3.05, 3.63) is 0 Å².